The van der Waals surface area contributed by atoms with Crippen LogP contribution in [0.25, 0.3) is 0 Å². The van der Waals surface area contributed by atoms with Crippen LogP contribution in [0.5, 0.6) is 0 Å². The molecule has 0 aliphatic rings. The van der Waals surface area contributed by atoms with Crippen molar-refractivity contribution < 1.29 is 25.6 Å². The van der Waals surface area contributed by atoms with Gasteiger partial charge in [-0.2, -0.15) is 0 Å². The van der Waals surface area contributed by atoms with Crippen LogP contribution in [-0.2, 0) is 20.1 Å². The van der Waals surface area contributed by atoms with E-state index in [4.69, 9.17) is 0 Å². The molecule has 0 fully saturated rings. The first kappa shape index (κ1) is 114. The maximum atomic E-state index is 0. The van der Waals surface area contributed by atoms with Gasteiger partial charge in [0.25, 0.3) is 0 Å². The van der Waals surface area contributed by atoms with Crippen molar-refractivity contribution >= 4 is 49.6 Å². The third-order valence-corrected chi connectivity index (χ3v) is 0. The average molecular weight is 356 g/mol. The number of hydrogen-bond donors (Lipinski definition) is 0. The Morgan fingerprint density at radius 3 is 0.500 bits per heavy atom. The average Bonchev–Trinajstić information content (AvgIpc) is 0. The second-order valence-corrected chi connectivity index (χ2v) is 0. The Labute approximate surface area is 74.9 Å². The van der Waals surface area contributed by atoms with Gasteiger partial charge in [-0.1, -0.05) is 0 Å². The van der Waals surface area contributed by atoms with Gasteiger partial charge in [0.05, 0.1) is 0 Å². The smallest absolute Gasteiger partial charge is 0 e. The van der Waals surface area contributed by atoms with E-state index in [-0.39, 0.29) is 75.2 Å². The van der Waals surface area contributed by atoms with E-state index in [0.29, 0.717) is 0 Å². The minimum Gasteiger partial charge on any atom is -0.412 e. The molecule has 0 bridgehead atoms. The van der Waals surface area contributed by atoms with Gasteiger partial charge in [0, 0.05) is 20.1 Å². The van der Waals surface area contributed by atoms with Gasteiger partial charge < -0.3 is 5.48 Å². The minimum absolute atomic E-state index is 0. The van der Waals surface area contributed by atoms with Crippen LogP contribution in [-0.4, -0.2) is 5.48 Å². The maximum Gasteiger partial charge on any atom is 0 e. The molecule has 0 saturated carbocycles. The fraction of sp³-hybridized carbons (Fsp3) is 0. The summed E-state index contributed by atoms with van der Waals surface area (Å²) in [5.74, 6) is 0. The zero-order chi connectivity index (χ0) is 0. The summed E-state index contributed by atoms with van der Waals surface area (Å²) in [6.45, 7) is 0. The Kier molecular flexibility index (Phi) is 1360. The summed E-state index contributed by atoms with van der Waals surface area (Å²) >= 11 is 0. The molecule has 0 atom stereocenters. The van der Waals surface area contributed by atoms with E-state index >= 15 is 0 Å². The molecule has 0 aliphatic carbocycles. The van der Waals surface area contributed by atoms with Crippen molar-refractivity contribution in [2.24, 2.45) is 0 Å². The molecule has 49 valence electrons. The standard InChI is InChI=1S/4ClH.Ir.H2O/h4*1H;;1H2. The van der Waals surface area contributed by atoms with Gasteiger partial charge in [0.1, 0.15) is 0 Å². The van der Waals surface area contributed by atoms with Crippen LogP contribution in [0.15, 0.2) is 0 Å². The van der Waals surface area contributed by atoms with Crippen LogP contribution in [0.3, 0.4) is 0 Å². The zero-order valence-electron chi connectivity index (χ0n) is 2.47. The second-order valence-electron chi connectivity index (χ2n) is 0. The van der Waals surface area contributed by atoms with Gasteiger partial charge in [0.2, 0.25) is 0 Å². The van der Waals surface area contributed by atoms with Crippen LogP contribution in [0.4, 0.5) is 0 Å². The molecule has 0 spiro atoms. The SMILES string of the molecule is Cl.Cl.Cl.Cl.O.[Ir]. The maximum absolute atomic E-state index is 0. The topological polar surface area (TPSA) is 31.5 Å². The third kappa shape index (κ3) is 41.9. The normalized spacial score (nSPS) is 0. The van der Waals surface area contributed by atoms with Crippen molar-refractivity contribution in [3.63, 3.8) is 0 Å². The van der Waals surface area contributed by atoms with Gasteiger partial charge >= 0.3 is 0 Å². The molecule has 1 radical (unpaired) electrons. The summed E-state index contributed by atoms with van der Waals surface area (Å²) in [4.78, 5) is 0. The van der Waals surface area contributed by atoms with E-state index in [1.165, 1.54) is 0 Å². The second kappa shape index (κ2) is 72.0. The zero-order valence-corrected chi connectivity index (χ0v) is 8.13. The van der Waals surface area contributed by atoms with Gasteiger partial charge in [-0.05, 0) is 0 Å². The molecule has 0 unspecified atom stereocenters. The van der Waals surface area contributed by atoms with E-state index in [2.05, 4.69) is 0 Å². The fourth-order valence-electron chi connectivity index (χ4n) is 0. The molecule has 1 nitrogen and oxygen atoms in total. The first-order valence-corrected chi connectivity index (χ1v) is 0. The number of halogens is 4. The first-order valence-electron chi connectivity index (χ1n) is 0. The molecular weight excluding hydrogens is 350 g/mol. The van der Waals surface area contributed by atoms with E-state index in [1.54, 1.807) is 0 Å². The van der Waals surface area contributed by atoms with E-state index in [1.807, 2.05) is 0 Å². The van der Waals surface area contributed by atoms with Crippen LogP contribution in [0.2, 0.25) is 0 Å². The summed E-state index contributed by atoms with van der Waals surface area (Å²) in [5.41, 5.74) is 0. The molecule has 6 heavy (non-hydrogen) atoms. The Morgan fingerprint density at radius 2 is 0.500 bits per heavy atom. The summed E-state index contributed by atoms with van der Waals surface area (Å²) < 4.78 is 0. The summed E-state index contributed by atoms with van der Waals surface area (Å²) in [5, 5.41) is 0. The Morgan fingerprint density at radius 1 is 0.500 bits per heavy atom. The van der Waals surface area contributed by atoms with Gasteiger partial charge in [-0.25, -0.2) is 0 Å². The molecule has 0 amide bonds. The van der Waals surface area contributed by atoms with Crippen molar-refractivity contribution in [3.8, 4) is 0 Å². The summed E-state index contributed by atoms with van der Waals surface area (Å²) in [7, 11) is 0. The molecule has 2 N–H and O–H groups in total. The van der Waals surface area contributed by atoms with Gasteiger partial charge in [-0.15, -0.1) is 49.6 Å². The molecule has 0 heterocycles. The quantitative estimate of drug-likeness (QED) is 0.617. The van der Waals surface area contributed by atoms with Crippen LogP contribution in [0.1, 0.15) is 0 Å². The van der Waals surface area contributed by atoms with E-state index in [9.17, 15) is 0 Å². The van der Waals surface area contributed by atoms with Crippen molar-refractivity contribution in [1.29, 1.82) is 0 Å². The summed E-state index contributed by atoms with van der Waals surface area (Å²) in [6, 6.07) is 0. The molecule has 0 rings (SSSR count). The number of rotatable bonds is 0. The molecule has 0 saturated heterocycles. The molecule has 6 heteroatoms. The number of hydrogen-bond acceptors (Lipinski definition) is 0. The van der Waals surface area contributed by atoms with Crippen molar-refractivity contribution in [2.45, 2.75) is 0 Å². The van der Waals surface area contributed by atoms with E-state index < -0.39 is 0 Å². The Hall–Kier alpha value is 1.77. The molecule has 0 aliphatic heterocycles. The molecule has 0 aromatic carbocycles. The van der Waals surface area contributed by atoms with Crippen molar-refractivity contribution in [1.82, 2.24) is 0 Å². The summed E-state index contributed by atoms with van der Waals surface area (Å²) in [6.07, 6.45) is 0. The van der Waals surface area contributed by atoms with Crippen LogP contribution >= 0.6 is 49.6 Å². The first-order chi connectivity index (χ1) is 0. The third-order valence-electron chi connectivity index (χ3n) is 0. The van der Waals surface area contributed by atoms with Crippen molar-refractivity contribution in [2.75, 3.05) is 0 Å². The predicted octanol–water partition coefficient (Wildman–Crippen LogP) is 0.860. The predicted molar refractivity (Wildman–Crippen MR) is 32.6 cm³/mol. The Balaban J connectivity index is 0. The largest absolute Gasteiger partial charge is 0.412 e. The molecule has 0 aromatic rings. The van der Waals surface area contributed by atoms with Crippen molar-refractivity contribution in [3.05, 3.63) is 0 Å². The Bertz CT molecular complexity index is 7.51. The monoisotopic (exact) mass is 355 g/mol. The molecule has 0 aromatic heterocycles. The van der Waals surface area contributed by atoms with Crippen LogP contribution < -0.4 is 0 Å². The van der Waals surface area contributed by atoms with E-state index in [0.717, 1.165) is 0 Å². The van der Waals surface area contributed by atoms with Gasteiger partial charge in [-0.3, -0.25) is 0 Å². The van der Waals surface area contributed by atoms with Crippen LogP contribution in [0, 0.1) is 0 Å². The van der Waals surface area contributed by atoms with Gasteiger partial charge in [0.15, 0.2) is 0 Å². The fourth-order valence-corrected chi connectivity index (χ4v) is 0. The molecular formula is H6Cl4IrO. The minimum atomic E-state index is 0.